The number of hydrogen-bond acceptors (Lipinski definition) is 5. The first-order valence-corrected chi connectivity index (χ1v) is 9.27. The van der Waals surface area contributed by atoms with Gasteiger partial charge in [0.05, 0.1) is 0 Å². The molecule has 30 heavy (non-hydrogen) atoms. The molecule has 2 atom stereocenters. The van der Waals surface area contributed by atoms with Crippen LogP contribution >= 0.6 is 0 Å². The van der Waals surface area contributed by atoms with E-state index in [-0.39, 0.29) is 13.1 Å². The lowest BCUT2D eigenvalue weighted by molar-refractivity contribution is -0.138. The number of carbonyl (C=O) groups is 4. The van der Waals surface area contributed by atoms with E-state index in [4.69, 9.17) is 9.84 Å². The summed E-state index contributed by atoms with van der Waals surface area (Å²) in [6.45, 7) is 0.325. The summed E-state index contributed by atoms with van der Waals surface area (Å²) in [5.41, 5.74) is 1.63. The van der Waals surface area contributed by atoms with Gasteiger partial charge in [-0.3, -0.25) is 14.4 Å². The third-order valence-corrected chi connectivity index (χ3v) is 4.42. The van der Waals surface area contributed by atoms with Crippen molar-refractivity contribution in [2.24, 2.45) is 0 Å². The van der Waals surface area contributed by atoms with Crippen LogP contribution in [-0.2, 0) is 37.0 Å². The van der Waals surface area contributed by atoms with Crippen molar-refractivity contribution < 1.29 is 29.0 Å². The molecule has 2 aromatic rings. The van der Waals surface area contributed by atoms with Crippen LogP contribution in [0.1, 0.15) is 11.1 Å². The van der Waals surface area contributed by atoms with Crippen LogP contribution in [0.15, 0.2) is 60.7 Å². The van der Waals surface area contributed by atoms with Gasteiger partial charge in [-0.2, -0.15) is 0 Å². The van der Waals surface area contributed by atoms with Gasteiger partial charge in [-0.15, -0.1) is 0 Å². The molecule has 1 aliphatic heterocycles. The van der Waals surface area contributed by atoms with E-state index in [0.29, 0.717) is 0 Å². The van der Waals surface area contributed by atoms with E-state index in [9.17, 15) is 19.2 Å². The van der Waals surface area contributed by atoms with Gasteiger partial charge in [0, 0.05) is 13.1 Å². The molecule has 0 aromatic heterocycles. The zero-order valence-electron chi connectivity index (χ0n) is 15.9. The standard InChI is InChI=1S/C21H21N3O6/c25-18(22-11-13-7-3-1-4-8-13)15(24-20(27)16-17(30-16)21(28)29)19(26)23-12-14-9-5-2-6-10-14/h1-10,15-17H,11-12H2,(H,22,25)(H,23,26)(H,24,27)(H,28,29)/t16-,17-/m0/s1. The van der Waals surface area contributed by atoms with Gasteiger partial charge in [-0.1, -0.05) is 60.7 Å². The number of rotatable bonds is 9. The molecule has 0 unspecified atom stereocenters. The summed E-state index contributed by atoms with van der Waals surface area (Å²) in [4.78, 5) is 48.4. The highest BCUT2D eigenvalue weighted by Gasteiger charge is 2.51. The third kappa shape index (κ3) is 5.65. The quantitative estimate of drug-likeness (QED) is 0.337. The lowest BCUT2D eigenvalue weighted by atomic mass is 10.1. The number of nitrogens with one attached hydrogen (secondary N) is 3. The van der Waals surface area contributed by atoms with Gasteiger partial charge in [0.15, 0.2) is 18.2 Å². The summed E-state index contributed by atoms with van der Waals surface area (Å²) in [6.07, 6.45) is -2.50. The summed E-state index contributed by atoms with van der Waals surface area (Å²) in [5.74, 6) is -3.55. The van der Waals surface area contributed by atoms with Gasteiger partial charge >= 0.3 is 5.97 Å². The first-order chi connectivity index (χ1) is 14.5. The molecule has 2 aromatic carbocycles. The Morgan fingerprint density at radius 3 is 1.67 bits per heavy atom. The normalized spacial score (nSPS) is 17.1. The average Bonchev–Trinajstić information content (AvgIpc) is 3.57. The highest BCUT2D eigenvalue weighted by atomic mass is 16.6. The Bertz CT molecular complexity index is 863. The summed E-state index contributed by atoms with van der Waals surface area (Å²) in [5, 5.41) is 16.4. The average molecular weight is 411 g/mol. The van der Waals surface area contributed by atoms with Gasteiger partial charge < -0.3 is 25.8 Å². The van der Waals surface area contributed by atoms with Crippen LogP contribution in [0.4, 0.5) is 0 Å². The van der Waals surface area contributed by atoms with E-state index in [1.165, 1.54) is 0 Å². The number of carbonyl (C=O) groups excluding carboxylic acids is 3. The minimum absolute atomic E-state index is 0.162. The van der Waals surface area contributed by atoms with Gasteiger partial charge in [-0.25, -0.2) is 4.79 Å². The second-order valence-electron chi connectivity index (χ2n) is 6.66. The topological polar surface area (TPSA) is 137 Å². The maximum absolute atomic E-state index is 12.6. The Balaban J connectivity index is 1.63. The van der Waals surface area contributed by atoms with Gasteiger partial charge in [0.1, 0.15) is 0 Å². The van der Waals surface area contributed by atoms with Crippen molar-refractivity contribution >= 4 is 23.7 Å². The molecule has 0 spiro atoms. The second kappa shape index (κ2) is 9.66. The SMILES string of the molecule is O=C(NCc1ccccc1)C(NC(=O)[C@H]1O[C@@H]1C(=O)O)C(=O)NCc1ccccc1. The van der Waals surface area contributed by atoms with Gasteiger partial charge in [0.2, 0.25) is 0 Å². The molecule has 1 aliphatic rings. The number of amides is 3. The second-order valence-corrected chi connectivity index (χ2v) is 6.66. The number of carboxylic acids is 1. The molecule has 1 heterocycles. The number of hydrogen-bond donors (Lipinski definition) is 4. The molecule has 9 heteroatoms. The third-order valence-electron chi connectivity index (χ3n) is 4.42. The molecule has 156 valence electrons. The minimum Gasteiger partial charge on any atom is -0.479 e. The number of benzene rings is 2. The summed E-state index contributed by atoms with van der Waals surface area (Å²) < 4.78 is 4.78. The number of ether oxygens (including phenoxy) is 1. The maximum Gasteiger partial charge on any atom is 0.336 e. The molecule has 0 bridgehead atoms. The van der Waals surface area contributed by atoms with E-state index in [1.807, 2.05) is 36.4 Å². The largest absolute Gasteiger partial charge is 0.479 e. The smallest absolute Gasteiger partial charge is 0.336 e. The van der Waals surface area contributed by atoms with Crippen LogP contribution < -0.4 is 16.0 Å². The summed E-state index contributed by atoms with van der Waals surface area (Å²) in [6, 6.07) is 16.6. The Morgan fingerprint density at radius 2 is 1.27 bits per heavy atom. The molecule has 0 saturated carbocycles. The van der Waals surface area contributed by atoms with E-state index in [1.54, 1.807) is 24.3 Å². The predicted octanol–water partition coefficient (Wildman–Crippen LogP) is -0.0440. The van der Waals surface area contributed by atoms with Crippen molar-refractivity contribution in [1.82, 2.24) is 16.0 Å². The number of carboxylic acid groups (broad SMARTS) is 1. The van der Waals surface area contributed by atoms with E-state index in [0.717, 1.165) is 11.1 Å². The van der Waals surface area contributed by atoms with Crippen molar-refractivity contribution in [2.45, 2.75) is 31.3 Å². The molecule has 4 N–H and O–H groups in total. The summed E-state index contributed by atoms with van der Waals surface area (Å²) >= 11 is 0. The molecule has 3 rings (SSSR count). The van der Waals surface area contributed by atoms with Crippen LogP contribution in [0.25, 0.3) is 0 Å². The fourth-order valence-electron chi connectivity index (χ4n) is 2.75. The highest BCUT2D eigenvalue weighted by Crippen LogP contribution is 2.22. The Kier molecular flexibility index (Phi) is 6.76. The molecule has 0 radical (unpaired) electrons. The summed E-state index contributed by atoms with van der Waals surface area (Å²) in [7, 11) is 0. The Morgan fingerprint density at radius 1 is 0.800 bits per heavy atom. The van der Waals surface area contributed by atoms with E-state index in [2.05, 4.69) is 16.0 Å². The van der Waals surface area contributed by atoms with Gasteiger partial charge in [0.25, 0.3) is 17.7 Å². The zero-order chi connectivity index (χ0) is 21.5. The molecule has 1 fully saturated rings. The molecule has 0 aliphatic carbocycles. The van der Waals surface area contributed by atoms with Crippen molar-refractivity contribution in [3.63, 3.8) is 0 Å². The number of epoxide rings is 1. The van der Waals surface area contributed by atoms with E-state index >= 15 is 0 Å². The number of aliphatic carboxylic acids is 1. The zero-order valence-corrected chi connectivity index (χ0v) is 15.9. The van der Waals surface area contributed by atoms with Crippen molar-refractivity contribution in [3.8, 4) is 0 Å². The predicted molar refractivity (Wildman–Crippen MR) is 105 cm³/mol. The van der Waals surface area contributed by atoms with Crippen LogP contribution in [0.3, 0.4) is 0 Å². The maximum atomic E-state index is 12.6. The van der Waals surface area contributed by atoms with Crippen LogP contribution in [0.5, 0.6) is 0 Å². The lowest BCUT2D eigenvalue weighted by Gasteiger charge is -2.18. The van der Waals surface area contributed by atoms with Crippen LogP contribution in [0.2, 0.25) is 0 Å². The van der Waals surface area contributed by atoms with Crippen LogP contribution in [-0.4, -0.2) is 47.0 Å². The first kappa shape index (κ1) is 21.0. The molecule has 9 nitrogen and oxygen atoms in total. The van der Waals surface area contributed by atoms with E-state index < -0.39 is 41.9 Å². The molecule has 1 saturated heterocycles. The molecular weight excluding hydrogens is 390 g/mol. The molecule has 3 amide bonds. The Labute approximate surface area is 172 Å². The molecular formula is C21H21N3O6. The van der Waals surface area contributed by atoms with Crippen molar-refractivity contribution in [3.05, 3.63) is 71.8 Å². The van der Waals surface area contributed by atoms with Gasteiger partial charge in [-0.05, 0) is 11.1 Å². The minimum atomic E-state index is -1.54. The van der Waals surface area contributed by atoms with Crippen molar-refractivity contribution in [1.29, 1.82) is 0 Å². The van der Waals surface area contributed by atoms with Crippen LogP contribution in [0, 0.1) is 0 Å². The fraction of sp³-hybridized carbons (Fsp3) is 0.238. The lowest BCUT2D eigenvalue weighted by Crippen LogP contribution is -2.56. The first-order valence-electron chi connectivity index (χ1n) is 9.27. The van der Waals surface area contributed by atoms with Crippen molar-refractivity contribution in [2.75, 3.05) is 0 Å². The monoisotopic (exact) mass is 411 g/mol. The Hall–Kier alpha value is -3.72. The fourth-order valence-corrected chi connectivity index (χ4v) is 2.75. The highest BCUT2D eigenvalue weighted by molar-refractivity contribution is 6.08.